The van der Waals surface area contributed by atoms with E-state index in [0.29, 0.717) is 18.5 Å². The summed E-state index contributed by atoms with van der Waals surface area (Å²) < 4.78 is 12.1. The molecule has 0 saturated carbocycles. The van der Waals surface area contributed by atoms with Crippen molar-refractivity contribution in [3.63, 3.8) is 0 Å². The second-order valence-corrected chi connectivity index (χ2v) is 8.55. The number of nitro benzene ring substituents is 1. The summed E-state index contributed by atoms with van der Waals surface area (Å²) in [7, 11) is 0. The zero-order valence-corrected chi connectivity index (χ0v) is 19.1. The van der Waals surface area contributed by atoms with Gasteiger partial charge in [-0.3, -0.25) is 24.4 Å². The Kier molecular flexibility index (Phi) is 7.39. The van der Waals surface area contributed by atoms with Crippen LogP contribution in [0.15, 0.2) is 51.7 Å². The number of nitro groups is 1. The van der Waals surface area contributed by atoms with E-state index in [1.807, 2.05) is 12.1 Å². The van der Waals surface area contributed by atoms with Crippen LogP contribution in [0.5, 0.6) is 0 Å². The molecule has 1 aliphatic heterocycles. The van der Waals surface area contributed by atoms with Crippen LogP contribution in [0, 0.1) is 10.1 Å². The van der Waals surface area contributed by atoms with Crippen LogP contribution in [0.1, 0.15) is 30.9 Å². The number of amides is 1. The molecule has 34 heavy (non-hydrogen) atoms. The Bertz CT molecular complexity index is 1230. The number of non-ortho nitro benzene ring substituents is 1. The van der Waals surface area contributed by atoms with Gasteiger partial charge in [0.25, 0.3) is 5.69 Å². The van der Waals surface area contributed by atoms with E-state index < -0.39 is 10.7 Å². The summed E-state index contributed by atoms with van der Waals surface area (Å²) in [4.78, 5) is 37.2. The first-order chi connectivity index (χ1) is 16.4. The summed E-state index contributed by atoms with van der Waals surface area (Å²) >= 11 is 0. The number of aromatic nitrogens is 1. The summed E-state index contributed by atoms with van der Waals surface area (Å²) in [5.41, 5.74) is 2.73. The van der Waals surface area contributed by atoms with Crippen molar-refractivity contribution in [2.24, 2.45) is 0 Å². The van der Waals surface area contributed by atoms with Crippen molar-refractivity contribution in [3.8, 4) is 0 Å². The Morgan fingerprint density at radius 2 is 2.06 bits per heavy atom. The highest BCUT2D eigenvalue weighted by Gasteiger charge is 2.17. The van der Waals surface area contributed by atoms with Gasteiger partial charge in [0.15, 0.2) is 5.58 Å². The average molecular weight is 469 g/mol. The van der Waals surface area contributed by atoms with E-state index in [0.717, 1.165) is 31.8 Å². The number of rotatable bonds is 9. The number of hydrogen-bond acceptors (Lipinski definition) is 7. The van der Waals surface area contributed by atoms with Crippen molar-refractivity contribution in [2.45, 2.75) is 45.5 Å². The SMILES string of the molecule is CC1CN(Cc2cccc(CNC(=O)CCCn3c(=O)oc4cc([N+](=O)[O-])ccc43)c2)CCO1. The smallest absolute Gasteiger partial charge is 0.407 e. The Hall–Kier alpha value is -3.50. The minimum Gasteiger partial charge on any atom is -0.407 e. The standard InChI is InChI=1S/C24H28N4O6/c1-17-15-26(10-11-33-17)16-19-5-2-4-18(12-19)14-25-23(29)6-3-9-27-21-8-7-20(28(31)32)13-22(21)34-24(27)30/h2,4-5,7-8,12-13,17H,3,6,9-11,14-16H2,1H3,(H,25,29). The molecule has 10 heteroatoms. The van der Waals surface area contributed by atoms with Crippen LogP contribution in [0.3, 0.4) is 0 Å². The molecule has 1 fully saturated rings. The number of aryl methyl sites for hydroxylation is 1. The first-order valence-corrected chi connectivity index (χ1v) is 11.4. The van der Waals surface area contributed by atoms with E-state index >= 15 is 0 Å². The minimum absolute atomic E-state index is 0.108. The molecule has 3 aromatic rings. The molecule has 0 spiro atoms. The largest absolute Gasteiger partial charge is 0.419 e. The molecule has 1 N–H and O–H groups in total. The third-order valence-electron chi connectivity index (χ3n) is 5.86. The molecule has 4 rings (SSSR count). The average Bonchev–Trinajstić information content (AvgIpc) is 3.12. The highest BCUT2D eigenvalue weighted by molar-refractivity contribution is 5.76. The van der Waals surface area contributed by atoms with E-state index in [-0.39, 0.29) is 36.2 Å². The van der Waals surface area contributed by atoms with Gasteiger partial charge in [0.05, 0.1) is 29.2 Å². The molecule has 2 heterocycles. The lowest BCUT2D eigenvalue weighted by Crippen LogP contribution is -2.40. The number of oxazole rings is 1. The molecule has 1 saturated heterocycles. The molecule has 1 atom stereocenters. The van der Waals surface area contributed by atoms with Gasteiger partial charge in [0.1, 0.15) is 0 Å². The fourth-order valence-electron chi connectivity index (χ4n) is 4.20. The third kappa shape index (κ3) is 5.89. The Morgan fingerprint density at radius 1 is 1.24 bits per heavy atom. The van der Waals surface area contributed by atoms with E-state index in [2.05, 4.69) is 29.3 Å². The van der Waals surface area contributed by atoms with Gasteiger partial charge >= 0.3 is 5.76 Å². The molecule has 0 radical (unpaired) electrons. The van der Waals surface area contributed by atoms with Gasteiger partial charge in [0, 0.05) is 45.2 Å². The molecule has 2 aromatic carbocycles. The van der Waals surface area contributed by atoms with E-state index in [1.54, 1.807) is 0 Å². The fourth-order valence-corrected chi connectivity index (χ4v) is 4.20. The lowest BCUT2D eigenvalue weighted by Gasteiger charge is -2.31. The second kappa shape index (κ2) is 10.6. The number of carbonyl (C=O) groups is 1. The van der Waals surface area contributed by atoms with Crippen LogP contribution in [0.4, 0.5) is 5.69 Å². The van der Waals surface area contributed by atoms with Crippen molar-refractivity contribution < 1.29 is 18.9 Å². The van der Waals surface area contributed by atoms with E-state index in [9.17, 15) is 19.7 Å². The maximum absolute atomic E-state index is 12.3. The van der Waals surface area contributed by atoms with Gasteiger partial charge in [-0.15, -0.1) is 0 Å². The highest BCUT2D eigenvalue weighted by atomic mass is 16.6. The number of morpholine rings is 1. The Balaban J connectivity index is 1.26. The van der Waals surface area contributed by atoms with Crippen LogP contribution in [-0.4, -0.2) is 46.1 Å². The minimum atomic E-state index is -0.595. The summed E-state index contributed by atoms with van der Waals surface area (Å²) in [6.45, 7) is 6.22. The molecule has 1 amide bonds. The Labute approximate surface area is 196 Å². The molecular formula is C24H28N4O6. The van der Waals surface area contributed by atoms with Crippen LogP contribution in [0.2, 0.25) is 0 Å². The zero-order chi connectivity index (χ0) is 24.1. The zero-order valence-electron chi connectivity index (χ0n) is 19.1. The first kappa shape index (κ1) is 23.7. The molecule has 1 aromatic heterocycles. The third-order valence-corrected chi connectivity index (χ3v) is 5.86. The van der Waals surface area contributed by atoms with Crippen molar-refractivity contribution in [1.29, 1.82) is 0 Å². The van der Waals surface area contributed by atoms with Crippen molar-refractivity contribution in [3.05, 3.63) is 74.3 Å². The molecular weight excluding hydrogens is 440 g/mol. The van der Waals surface area contributed by atoms with Gasteiger partial charge < -0.3 is 14.5 Å². The van der Waals surface area contributed by atoms with Gasteiger partial charge in [-0.25, -0.2) is 4.79 Å². The highest BCUT2D eigenvalue weighted by Crippen LogP contribution is 2.20. The molecule has 10 nitrogen and oxygen atoms in total. The van der Waals surface area contributed by atoms with Gasteiger partial charge in [0.2, 0.25) is 5.91 Å². The van der Waals surface area contributed by atoms with Crippen LogP contribution >= 0.6 is 0 Å². The Morgan fingerprint density at radius 3 is 2.85 bits per heavy atom. The predicted octanol–water partition coefficient (Wildman–Crippen LogP) is 2.82. The number of ether oxygens (including phenoxy) is 1. The van der Waals surface area contributed by atoms with Crippen LogP contribution in [-0.2, 0) is 29.2 Å². The predicted molar refractivity (Wildman–Crippen MR) is 125 cm³/mol. The molecule has 0 bridgehead atoms. The van der Waals surface area contributed by atoms with E-state index in [4.69, 9.17) is 9.15 Å². The molecule has 1 unspecified atom stereocenters. The molecule has 1 aliphatic rings. The van der Waals surface area contributed by atoms with Crippen LogP contribution in [0.25, 0.3) is 11.1 Å². The van der Waals surface area contributed by atoms with Crippen molar-refractivity contribution in [2.75, 3.05) is 19.7 Å². The number of carbonyl (C=O) groups excluding carboxylic acids is 1. The van der Waals surface area contributed by atoms with Crippen molar-refractivity contribution >= 4 is 22.7 Å². The normalized spacial score (nSPS) is 16.6. The molecule has 0 aliphatic carbocycles. The van der Waals surface area contributed by atoms with Crippen LogP contribution < -0.4 is 11.1 Å². The number of nitrogens with zero attached hydrogens (tertiary/aromatic N) is 3. The number of benzene rings is 2. The van der Waals surface area contributed by atoms with E-state index in [1.165, 1.54) is 28.3 Å². The monoisotopic (exact) mass is 468 g/mol. The number of nitrogens with one attached hydrogen (secondary N) is 1. The number of hydrogen-bond donors (Lipinski definition) is 1. The summed E-state index contributed by atoms with van der Waals surface area (Å²) in [6.07, 6.45) is 0.926. The topological polar surface area (TPSA) is 120 Å². The van der Waals surface area contributed by atoms with Gasteiger partial charge in [-0.1, -0.05) is 24.3 Å². The summed E-state index contributed by atoms with van der Waals surface area (Å²) in [6, 6.07) is 12.2. The van der Waals surface area contributed by atoms with Gasteiger partial charge in [-0.2, -0.15) is 0 Å². The summed E-state index contributed by atoms with van der Waals surface area (Å²) in [5, 5.41) is 13.8. The van der Waals surface area contributed by atoms with Crippen molar-refractivity contribution in [1.82, 2.24) is 14.8 Å². The maximum Gasteiger partial charge on any atom is 0.419 e. The first-order valence-electron chi connectivity index (χ1n) is 11.4. The maximum atomic E-state index is 12.3. The lowest BCUT2D eigenvalue weighted by atomic mass is 10.1. The van der Waals surface area contributed by atoms with Gasteiger partial charge in [-0.05, 0) is 30.5 Å². The molecule has 180 valence electrons. The quantitative estimate of drug-likeness (QED) is 0.379. The lowest BCUT2D eigenvalue weighted by molar-refractivity contribution is -0.384. The second-order valence-electron chi connectivity index (χ2n) is 8.55. The summed E-state index contributed by atoms with van der Waals surface area (Å²) in [5.74, 6) is -0.703. The fraction of sp³-hybridized carbons (Fsp3) is 0.417. The number of fused-ring (bicyclic) bond motifs is 1.